The van der Waals surface area contributed by atoms with Gasteiger partial charge in [0, 0.05) is 0 Å². The van der Waals surface area contributed by atoms with Crippen LogP contribution in [0.5, 0.6) is 0 Å². The molecule has 0 saturated heterocycles. The summed E-state index contributed by atoms with van der Waals surface area (Å²) >= 11 is 4.79. The van der Waals surface area contributed by atoms with Crippen LogP contribution in [0.15, 0.2) is 43.0 Å². The van der Waals surface area contributed by atoms with Crippen LogP contribution >= 0.6 is 12.4 Å². The maximum Gasteiger partial charge on any atom is -0.147 e. The van der Waals surface area contributed by atoms with Gasteiger partial charge in [0.2, 0.25) is 0 Å². The Bertz CT molecular complexity index is 208. The third kappa shape index (κ3) is 3.09. The van der Waals surface area contributed by atoms with E-state index in [9.17, 15) is 0 Å². The molecule has 0 aliphatic heterocycles. The van der Waals surface area contributed by atoms with Crippen molar-refractivity contribution >= 4 is 12.4 Å². The molecule has 0 fully saturated rings. The third-order valence-electron chi connectivity index (χ3n) is 1.29. The zero-order valence-electron chi connectivity index (χ0n) is 5.97. The van der Waals surface area contributed by atoms with Gasteiger partial charge < -0.3 is 0 Å². The van der Waals surface area contributed by atoms with Crippen LogP contribution < -0.4 is 0 Å². The average molecular weight is 212 g/mol. The van der Waals surface area contributed by atoms with Gasteiger partial charge in [0.25, 0.3) is 0 Å². The molecule has 1 unspecified atom stereocenters. The summed E-state index contributed by atoms with van der Waals surface area (Å²) in [5.74, 6) is 0. The van der Waals surface area contributed by atoms with Gasteiger partial charge in [0.15, 0.2) is 0 Å². The summed E-state index contributed by atoms with van der Waals surface area (Å²) in [5, 5.41) is 0. The molecule has 1 aromatic carbocycles. The van der Waals surface area contributed by atoms with E-state index in [4.69, 9.17) is 15.5 Å². The van der Waals surface area contributed by atoms with Crippen LogP contribution in [0.4, 0.5) is 0 Å². The summed E-state index contributed by atoms with van der Waals surface area (Å²) in [4.78, 5) is 0.0983. The largest absolute Gasteiger partial charge is 0.147 e. The molecule has 11 heavy (non-hydrogen) atoms. The van der Waals surface area contributed by atoms with Crippen molar-refractivity contribution in [3.05, 3.63) is 48.6 Å². The summed E-state index contributed by atoms with van der Waals surface area (Å²) in [5.41, 5.74) is 1.16. The molecule has 1 atom stereocenters. The fourth-order valence-electron chi connectivity index (χ4n) is 0.761. The van der Waals surface area contributed by atoms with E-state index in [2.05, 4.69) is 6.58 Å². The van der Waals surface area contributed by atoms with Gasteiger partial charge in [-0.15, -0.1) is 12.4 Å². The van der Waals surface area contributed by atoms with E-state index >= 15 is 0 Å². The first-order valence-corrected chi connectivity index (χ1v) is 3.69. The normalized spacial score (nSPS) is 11.5. The van der Waals surface area contributed by atoms with E-state index in [1.165, 1.54) is 0 Å². The van der Waals surface area contributed by atoms with Crippen LogP contribution in [-0.4, -0.2) is 0 Å². The second-order valence-corrected chi connectivity index (χ2v) is 2.62. The Kier molecular flexibility index (Phi) is 5.28. The van der Waals surface area contributed by atoms with Gasteiger partial charge in [-0.3, -0.25) is 0 Å². The summed E-state index contributed by atoms with van der Waals surface area (Å²) < 4.78 is 0. The van der Waals surface area contributed by atoms with E-state index in [1.807, 2.05) is 30.3 Å². The van der Waals surface area contributed by atoms with E-state index < -0.39 is 0 Å². The molecule has 2 heteroatoms. The number of rotatable bonds is 2. The van der Waals surface area contributed by atoms with Crippen LogP contribution in [0.1, 0.15) is 10.5 Å². The molecule has 0 bridgehead atoms. The molecule has 0 heterocycles. The number of halogens is 1. The number of allylic oxidation sites excluding steroid dienone is 1. The predicted octanol–water partition coefficient (Wildman–Crippen LogP) is 2.88. The summed E-state index contributed by atoms with van der Waals surface area (Å²) in [6.45, 7) is 3.64. The molecule has 0 nitrogen and oxygen atoms in total. The maximum absolute atomic E-state index is 4.79. The van der Waals surface area contributed by atoms with Crippen molar-refractivity contribution < 1.29 is 15.5 Å². The third-order valence-corrected chi connectivity index (χ3v) is 1.85. The SMILES string of the molecule is C=C[CH]([Ni])c1ccccc1.Cl. The fourth-order valence-corrected chi connectivity index (χ4v) is 0.951. The van der Waals surface area contributed by atoms with Gasteiger partial charge in [0.05, 0.1) is 0 Å². The Balaban J connectivity index is 0.000001000. The van der Waals surface area contributed by atoms with E-state index in [1.54, 1.807) is 6.08 Å². The van der Waals surface area contributed by atoms with Gasteiger partial charge in [-0.1, -0.05) is 0 Å². The van der Waals surface area contributed by atoms with Gasteiger partial charge in [-0.05, 0) is 0 Å². The van der Waals surface area contributed by atoms with E-state index in [0.29, 0.717) is 0 Å². The van der Waals surface area contributed by atoms with Crippen molar-refractivity contribution in [3.8, 4) is 0 Å². The molecule has 0 saturated carbocycles. The van der Waals surface area contributed by atoms with E-state index in [-0.39, 0.29) is 17.3 Å². The molecular formula is C9H10ClNi. The molecule has 0 N–H and O–H groups in total. The van der Waals surface area contributed by atoms with Crippen LogP contribution in [-0.2, 0) is 15.5 Å². The van der Waals surface area contributed by atoms with Gasteiger partial charge in [-0.25, -0.2) is 0 Å². The minimum atomic E-state index is 0. The molecule has 0 spiro atoms. The Hall–Kier alpha value is -0.256. The second kappa shape index (κ2) is 5.40. The zero-order chi connectivity index (χ0) is 7.40. The second-order valence-electron chi connectivity index (χ2n) is 2.01. The minimum Gasteiger partial charge on any atom is -0.147 e. The summed E-state index contributed by atoms with van der Waals surface area (Å²) in [7, 11) is 0. The smallest absolute Gasteiger partial charge is 0.147 e. The Morgan fingerprint density at radius 1 is 1.27 bits per heavy atom. The van der Waals surface area contributed by atoms with Crippen molar-refractivity contribution in [2.45, 2.75) is 4.89 Å². The van der Waals surface area contributed by atoms with Crippen molar-refractivity contribution in [1.82, 2.24) is 0 Å². The standard InChI is InChI=1S/C9H9.ClH.Ni/c1-2-6-9-7-4-3-5-8-9;;/h2-8H,1H2;1H;. The molecule has 0 aliphatic carbocycles. The molecule has 0 amide bonds. The Morgan fingerprint density at radius 2 is 1.82 bits per heavy atom. The zero-order valence-corrected chi connectivity index (χ0v) is 7.78. The van der Waals surface area contributed by atoms with Crippen molar-refractivity contribution in [2.75, 3.05) is 0 Å². The average Bonchev–Trinajstić information content (AvgIpc) is 2.05. The minimum absolute atomic E-state index is 0. The number of hydrogen-bond donors (Lipinski definition) is 0. The maximum atomic E-state index is 4.79. The van der Waals surface area contributed by atoms with Crippen molar-refractivity contribution in [2.24, 2.45) is 0 Å². The molecule has 0 radical (unpaired) electrons. The quantitative estimate of drug-likeness (QED) is 0.522. The first kappa shape index (κ1) is 10.7. The van der Waals surface area contributed by atoms with Gasteiger partial charge in [-0.2, -0.15) is 0 Å². The Labute approximate surface area is 81.5 Å². The first-order chi connectivity index (χ1) is 4.84. The number of benzene rings is 1. The molecule has 1 aromatic rings. The number of hydrogen-bond acceptors (Lipinski definition) is 0. The van der Waals surface area contributed by atoms with Crippen LogP contribution in [0.3, 0.4) is 0 Å². The molecule has 63 valence electrons. The van der Waals surface area contributed by atoms with Crippen LogP contribution in [0, 0.1) is 0 Å². The van der Waals surface area contributed by atoms with Gasteiger partial charge >= 0.3 is 68.9 Å². The van der Waals surface area contributed by atoms with Crippen molar-refractivity contribution in [1.29, 1.82) is 0 Å². The van der Waals surface area contributed by atoms with Gasteiger partial charge in [0.1, 0.15) is 0 Å². The molecule has 0 aromatic heterocycles. The predicted molar refractivity (Wildman–Crippen MR) is 46.6 cm³/mol. The van der Waals surface area contributed by atoms with Crippen LogP contribution in [0.25, 0.3) is 0 Å². The fraction of sp³-hybridized carbons (Fsp3) is 0.111. The Morgan fingerprint density at radius 3 is 2.27 bits per heavy atom. The summed E-state index contributed by atoms with van der Waals surface area (Å²) in [6, 6.07) is 10.0. The van der Waals surface area contributed by atoms with E-state index in [0.717, 1.165) is 5.56 Å². The topological polar surface area (TPSA) is 0 Å². The monoisotopic (exact) mass is 211 g/mol. The first-order valence-electron chi connectivity index (χ1n) is 3.12. The molecule has 1 rings (SSSR count). The van der Waals surface area contributed by atoms with Crippen molar-refractivity contribution in [3.63, 3.8) is 0 Å². The summed E-state index contributed by atoms with van der Waals surface area (Å²) in [6.07, 6.45) is 1.79. The van der Waals surface area contributed by atoms with Crippen LogP contribution in [0.2, 0.25) is 0 Å². The molecular weight excluding hydrogens is 202 g/mol. The molecule has 0 aliphatic rings.